The predicted molar refractivity (Wildman–Crippen MR) is 94.1 cm³/mol. The highest BCUT2D eigenvalue weighted by atomic mass is 16.5. The number of esters is 1. The Labute approximate surface area is 146 Å². The van der Waals surface area contributed by atoms with E-state index in [1.54, 1.807) is 30.3 Å². The summed E-state index contributed by atoms with van der Waals surface area (Å²) in [6, 6.07) is 14.0. The average Bonchev–Trinajstić information content (AvgIpc) is 2.60. The van der Waals surface area contributed by atoms with Crippen LogP contribution in [0, 0.1) is 6.92 Å². The van der Waals surface area contributed by atoms with Gasteiger partial charge in [0.2, 0.25) is 5.91 Å². The fourth-order valence-electron chi connectivity index (χ4n) is 2.10. The molecule has 0 radical (unpaired) electrons. The molecule has 6 heteroatoms. The van der Waals surface area contributed by atoms with Gasteiger partial charge in [-0.05, 0) is 36.2 Å². The van der Waals surface area contributed by atoms with Crippen LogP contribution in [0.4, 0.5) is 5.69 Å². The van der Waals surface area contributed by atoms with E-state index in [1.165, 1.54) is 6.92 Å². The van der Waals surface area contributed by atoms with E-state index in [0.717, 1.165) is 11.1 Å². The molecular formula is C19H20N2O4. The third-order valence-corrected chi connectivity index (χ3v) is 3.48. The minimum Gasteiger partial charge on any atom is -0.452 e. The van der Waals surface area contributed by atoms with Gasteiger partial charge in [-0.3, -0.25) is 9.59 Å². The summed E-state index contributed by atoms with van der Waals surface area (Å²) in [6.45, 7) is 3.35. The number of para-hydroxylation sites is 1. The van der Waals surface area contributed by atoms with E-state index in [-0.39, 0.29) is 12.5 Å². The smallest absolute Gasteiger partial charge is 0.338 e. The van der Waals surface area contributed by atoms with Crippen LogP contribution in [-0.2, 0) is 20.9 Å². The van der Waals surface area contributed by atoms with Crippen LogP contribution in [0.1, 0.15) is 28.4 Å². The maximum absolute atomic E-state index is 12.0. The topological polar surface area (TPSA) is 84.5 Å². The second-order valence-electron chi connectivity index (χ2n) is 5.55. The molecule has 0 aliphatic heterocycles. The molecule has 0 aliphatic carbocycles. The van der Waals surface area contributed by atoms with Gasteiger partial charge in [0, 0.05) is 19.2 Å². The Bertz CT molecular complexity index is 769. The van der Waals surface area contributed by atoms with Crippen molar-refractivity contribution < 1.29 is 19.1 Å². The number of carbonyl (C=O) groups excluding carboxylic acids is 3. The van der Waals surface area contributed by atoms with Gasteiger partial charge < -0.3 is 15.4 Å². The van der Waals surface area contributed by atoms with Crippen LogP contribution in [0.15, 0.2) is 48.5 Å². The molecular weight excluding hydrogens is 320 g/mol. The lowest BCUT2D eigenvalue weighted by atomic mass is 10.1. The average molecular weight is 340 g/mol. The summed E-state index contributed by atoms with van der Waals surface area (Å²) >= 11 is 0. The highest BCUT2D eigenvalue weighted by molar-refractivity contribution is 5.95. The van der Waals surface area contributed by atoms with Crippen molar-refractivity contribution in [2.45, 2.75) is 20.4 Å². The van der Waals surface area contributed by atoms with Gasteiger partial charge >= 0.3 is 5.97 Å². The number of carbonyl (C=O) groups is 3. The van der Waals surface area contributed by atoms with E-state index in [9.17, 15) is 14.4 Å². The molecule has 0 heterocycles. The summed E-state index contributed by atoms with van der Waals surface area (Å²) in [7, 11) is 0. The fourth-order valence-corrected chi connectivity index (χ4v) is 2.10. The first-order valence-electron chi connectivity index (χ1n) is 7.81. The lowest BCUT2D eigenvalue weighted by Gasteiger charge is -2.09. The van der Waals surface area contributed by atoms with Crippen molar-refractivity contribution in [3.63, 3.8) is 0 Å². The SMILES string of the molecule is CC(=O)NCc1ccc(C(=O)OCC(=O)Nc2ccccc2C)cc1. The van der Waals surface area contributed by atoms with Crippen LogP contribution in [0.25, 0.3) is 0 Å². The summed E-state index contributed by atoms with van der Waals surface area (Å²) in [4.78, 5) is 34.7. The first-order chi connectivity index (χ1) is 12.0. The standard InChI is InChI=1S/C19H20N2O4/c1-13-5-3-4-6-17(13)21-18(23)12-25-19(24)16-9-7-15(8-10-16)11-20-14(2)22/h3-10H,11-12H2,1-2H3,(H,20,22)(H,21,23). The van der Waals surface area contributed by atoms with E-state index >= 15 is 0 Å². The Hall–Kier alpha value is -3.15. The van der Waals surface area contributed by atoms with Crippen LogP contribution in [0.3, 0.4) is 0 Å². The zero-order valence-electron chi connectivity index (χ0n) is 14.2. The minimum absolute atomic E-state index is 0.122. The van der Waals surface area contributed by atoms with Crippen LogP contribution in [0.2, 0.25) is 0 Å². The van der Waals surface area contributed by atoms with Gasteiger partial charge in [0.1, 0.15) is 0 Å². The Kier molecular flexibility index (Phi) is 6.28. The maximum atomic E-state index is 12.0. The highest BCUT2D eigenvalue weighted by Crippen LogP contribution is 2.13. The monoisotopic (exact) mass is 340 g/mol. The molecule has 2 amide bonds. The number of nitrogens with one attached hydrogen (secondary N) is 2. The van der Waals surface area contributed by atoms with Crippen LogP contribution in [0.5, 0.6) is 0 Å². The van der Waals surface area contributed by atoms with Crippen molar-refractivity contribution in [1.82, 2.24) is 5.32 Å². The van der Waals surface area contributed by atoms with Gasteiger partial charge in [-0.1, -0.05) is 30.3 Å². The van der Waals surface area contributed by atoms with E-state index in [0.29, 0.717) is 17.8 Å². The summed E-state index contributed by atoms with van der Waals surface area (Å²) in [5, 5.41) is 5.37. The van der Waals surface area contributed by atoms with Crippen molar-refractivity contribution in [3.05, 3.63) is 65.2 Å². The molecule has 130 valence electrons. The number of hydrogen-bond acceptors (Lipinski definition) is 4. The van der Waals surface area contributed by atoms with Gasteiger partial charge in [-0.25, -0.2) is 4.79 Å². The maximum Gasteiger partial charge on any atom is 0.338 e. The molecule has 0 saturated heterocycles. The molecule has 0 bridgehead atoms. The largest absolute Gasteiger partial charge is 0.452 e. The van der Waals surface area contributed by atoms with E-state index in [1.807, 2.05) is 25.1 Å². The number of aryl methyl sites for hydroxylation is 1. The normalized spacial score (nSPS) is 10.0. The molecule has 6 nitrogen and oxygen atoms in total. The van der Waals surface area contributed by atoms with Crippen molar-refractivity contribution in [1.29, 1.82) is 0 Å². The summed E-state index contributed by atoms with van der Waals surface area (Å²) in [5.74, 6) is -1.10. The lowest BCUT2D eigenvalue weighted by molar-refractivity contribution is -0.119. The number of benzene rings is 2. The van der Waals surface area contributed by atoms with Gasteiger partial charge in [0.05, 0.1) is 5.56 Å². The number of rotatable bonds is 6. The zero-order valence-corrected chi connectivity index (χ0v) is 14.2. The van der Waals surface area contributed by atoms with Gasteiger partial charge in [-0.15, -0.1) is 0 Å². The molecule has 0 saturated carbocycles. The number of hydrogen-bond donors (Lipinski definition) is 2. The molecule has 0 aliphatic rings. The lowest BCUT2D eigenvalue weighted by Crippen LogP contribution is -2.21. The van der Waals surface area contributed by atoms with Crippen LogP contribution < -0.4 is 10.6 Å². The molecule has 2 rings (SSSR count). The number of anilines is 1. The molecule has 2 N–H and O–H groups in total. The third-order valence-electron chi connectivity index (χ3n) is 3.48. The second kappa shape index (κ2) is 8.63. The Balaban J connectivity index is 1.84. The minimum atomic E-state index is -0.578. The molecule has 0 unspecified atom stereocenters. The first kappa shape index (κ1) is 18.2. The molecule has 0 spiro atoms. The highest BCUT2D eigenvalue weighted by Gasteiger charge is 2.11. The second-order valence-corrected chi connectivity index (χ2v) is 5.55. The van der Waals surface area contributed by atoms with E-state index in [2.05, 4.69) is 10.6 Å². The number of ether oxygens (including phenoxy) is 1. The van der Waals surface area contributed by atoms with Crippen molar-refractivity contribution in [3.8, 4) is 0 Å². The van der Waals surface area contributed by atoms with Crippen LogP contribution >= 0.6 is 0 Å². The van der Waals surface area contributed by atoms with E-state index < -0.39 is 11.9 Å². The van der Waals surface area contributed by atoms with Gasteiger partial charge in [0.15, 0.2) is 6.61 Å². The molecule has 2 aromatic carbocycles. The van der Waals surface area contributed by atoms with Crippen molar-refractivity contribution >= 4 is 23.5 Å². The molecule has 2 aromatic rings. The fraction of sp³-hybridized carbons (Fsp3) is 0.211. The first-order valence-corrected chi connectivity index (χ1v) is 7.81. The molecule has 0 aromatic heterocycles. The predicted octanol–water partition coefficient (Wildman–Crippen LogP) is 2.43. The Morgan fingerprint density at radius 1 is 1.00 bits per heavy atom. The van der Waals surface area contributed by atoms with Crippen molar-refractivity contribution in [2.75, 3.05) is 11.9 Å². The zero-order chi connectivity index (χ0) is 18.2. The van der Waals surface area contributed by atoms with Crippen LogP contribution in [-0.4, -0.2) is 24.4 Å². The third kappa shape index (κ3) is 5.76. The molecule has 25 heavy (non-hydrogen) atoms. The van der Waals surface area contributed by atoms with Gasteiger partial charge in [-0.2, -0.15) is 0 Å². The summed E-state index contributed by atoms with van der Waals surface area (Å²) in [6.07, 6.45) is 0. The quantitative estimate of drug-likeness (QED) is 0.791. The van der Waals surface area contributed by atoms with E-state index in [4.69, 9.17) is 4.74 Å². The van der Waals surface area contributed by atoms with Crippen molar-refractivity contribution in [2.24, 2.45) is 0 Å². The Morgan fingerprint density at radius 3 is 2.32 bits per heavy atom. The molecule has 0 fully saturated rings. The Morgan fingerprint density at radius 2 is 1.68 bits per heavy atom. The molecule has 0 atom stereocenters. The van der Waals surface area contributed by atoms with Gasteiger partial charge in [0.25, 0.3) is 5.91 Å². The number of amides is 2. The summed E-state index contributed by atoms with van der Waals surface area (Å²) < 4.78 is 5.02. The summed E-state index contributed by atoms with van der Waals surface area (Å²) in [5.41, 5.74) is 2.82.